The molecular formula is C25H29NO5. The molecule has 1 saturated heterocycles. The first-order valence-electron chi connectivity index (χ1n) is 11.0. The Bertz CT molecular complexity index is 1040. The molecule has 0 aliphatic carbocycles. The van der Waals surface area contributed by atoms with E-state index in [0.717, 1.165) is 45.7 Å². The molecule has 0 radical (unpaired) electrons. The highest BCUT2D eigenvalue weighted by atomic mass is 16.5. The number of morpholine rings is 1. The molecular weight excluding hydrogens is 394 g/mol. The summed E-state index contributed by atoms with van der Waals surface area (Å²) in [6, 6.07) is 11.9. The largest absolute Gasteiger partial charge is 0.508 e. The van der Waals surface area contributed by atoms with Crippen molar-refractivity contribution >= 4 is 11.0 Å². The van der Waals surface area contributed by atoms with Crippen LogP contribution in [-0.2, 0) is 4.74 Å². The normalized spacial score (nSPS) is 14.7. The molecule has 1 aliphatic heterocycles. The molecule has 0 bridgehead atoms. The Balaban J connectivity index is 1.27. The van der Waals surface area contributed by atoms with E-state index in [1.54, 1.807) is 36.4 Å². The van der Waals surface area contributed by atoms with Crippen molar-refractivity contribution in [3.63, 3.8) is 0 Å². The van der Waals surface area contributed by atoms with Gasteiger partial charge in [-0.15, -0.1) is 0 Å². The van der Waals surface area contributed by atoms with Crippen LogP contribution < -0.4 is 10.2 Å². The Hall–Kier alpha value is -2.83. The molecule has 6 nitrogen and oxygen atoms in total. The highest BCUT2D eigenvalue weighted by Gasteiger charge is 2.11. The average Bonchev–Trinajstić information content (AvgIpc) is 2.80. The minimum Gasteiger partial charge on any atom is -0.508 e. The van der Waals surface area contributed by atoms with E-state index < -0.39 is 0 Å². The Morgan fingerprint density at radius 1 is 0.968 bits per heavy atom. The molecule has 1 N–H and O–H groups in total. The van der Waals surface area contributed by atoms with Gasteiger partial charge in [0.2, 0.25) is 0 Å². The van der Waals surface area contributed by atoms with Gasteiger partial charge in [0.05, 0.1) is 30.8 Å². The van der Waals surface area contributed by atoms with Crippen molar-refractivity contribution in [3.8, 4) is 22.6 Å². The minimum absolute atomic E-state index is 0.0984. The van der Waals surface area contributed by atoms with Crippen LogP contribution in [0.2, 0.25) is 0 Å². The number of fused-ring (bicyclic) bond motifs is 1. The van der Waals surface area contributed by atoms with E-state index in [9.17, 15) is 9.90 Å². The zero-order valence-corrected chi connectivity index (χ0v) is 17.7. The number of phenolic OH excluding ortho intramolecular Hbond substituents is 1. The fourth-order valence-corrected chi connectivity index (χ4v) is 3.84. The summed E-state index contributed by atoms with van der Waals surface area (Å²) >= 11 is 0. The van der Waals surface area contributed by atoms with Crippen LogP contribution in [0.3, 0.4) is 0 Å². The van der Waals surface area contributed by atoms with Gasteiger partial charge >= 0.3 is 0 Å². The molecule has 0 atom stereocenters. The minimum atomic E-state index is -0.0984. The van der Waals surface area contributed by atoms with E-state index in [4.69, 9.17) is 13.9 Å². The number of ether oxygens (including phenoxy) is 2. The predicted octanol–water partition coefficient (Wildman–Crippen LogP) is 4.44. The van der Waals surface area contributed by atoms with Crippen LogP contribution in [0.25, 0.3) is 22.1 Å². The molecule has 3 aromatic rings. The molecule has 0 amide bonds. The predicted molar refractivity (Wildman–Crippen MR) is 121 cm³/mol. The van der Waals surface area contributed by atoms with Gasteiger partial charge in [0.1, 0.15) is 23.3 Å². The maximum absolute atomic E-state index is 12.8. The topological polar surface area (TPSA) is 72.1 Å². The quantitative estimate of drug-likeness (QED) is 0.513. The van der Waals surface area contributed by atoms with Gasteiger partial charge in [0.25, 0.3) is 0 Å². The second kappa shape index (κ2) is 10.5. The van der Waals surface area contributed by atoms with Gasteiger partial charge in [-0.25, -0.2) is 0 Å². The van der Waals surface area contributed by atoms with Gasteiger partial charge in [-0.05, 0) is 49.2 Å². The number of unbranched alkanes of at least 4 members (excludes halogenated alkanes) is 3. The van der Waals surface area contributed by atoms with Crippen molar-refractivity contribution in [1.82, 2.24) is 4.90 Å². The van der Waals surface area contributed by atoms with Crippen LogP contribution in [0.4, 0.5) is 0 Å². The van der Waals surface area contributed by atoms with Crippen molar-refractivity contribution < 1.29 is 19.0 Å². The maximum atomic E-state index is 12.8. The van der Waals surface area contributed by atoms with E-state index in [1.807, 2.05) is 6.07 Å². The van der Waals surface area contributed by atoms with E-state index in [0.29, 0.717) is 34.5 Å². The lowest BCUT2D eigenvalue weighted by molar-refractivity contribution is 0.0371. The van der Waals surface area contributed by atoms with Crippen LogP contribution in [0.15, 0.2) is 57.9 Å². The number of nitrogens with zero attached hydrogens (tertiary/aromatic N) is 1. The van der Waals surface area contributed by atoms with Crippen molar-refractivity contribution in [2.24, 2.45) is 0 Å². The van der Waals surface area contributed by atoms with E-state index in [2.05, 4.69) is 4.90 Å². The fraction of sp³-hybridized carbons (Fsp3) is 0.400. The average molecular weight is 424 g/mol. The first kappa shape index (κ1) is 21.4. The zero-order chi connectivity index (χ0) is 21.5. The van der Waals surface area contributed by atoms with E-state index in [-0.39, 0.29) is 11.2 Å². The molecule has 1 aromatic heterocycles. The van der Waals surface area contributed by atoms with E-state index in [1.165, 1.54) is 19.1 Å². The smallest absolute Gasteiger partial charge is 0.200 e. The van der Waals surface area contributed by atoms with Crippen LogP contribution in [0, 0.1) is 0 Å². The summed E-state index contributed by atoms with van der Waals surface area (Å²) in [5.41, 5.74) is 1.59. The number of hydrogen-bond donors (Lipinski definition) is 1. The third-order valence-electron chi connectivity index (χ3n) is 5.67. The molecule has 0 saturated carbocycles. The van der Waals surface area contributed by atoms with Gasteiger partial charge in [-0.2, -0.15) is 0 Å². The highest BCUT2D eigenvalue weighted by molar-refractivity contribution is 5.82. The number of benzene rings is 2. The standard InChI is InChI=1S/C25H29NO5/c27-20-7-5-19(6-8-20)23-18-31-24-17-21(9-10-22(24)25(23)28)30-14-4-2-1-3-11-26-12-15-29-16-13-26/h5-10,17-18,27H,1-4,11-16H2. The molecule has 2 aromatic carbocycles. The van der Waals surface area contributed by atoms with Crippen molar-refractivity contribution in [2.75, 3.05) is 39.5 Å². The third kappa shape index (κ3) is 5.66. The molecule has 1 aliphatic rings. The second-order valence-corrected chi connectivity index (χ2v) is 7.90. The van der Waals surface area contributed by atoms with Crippen molar-refractivity contribution in [1.29, 1.82) is 0 Å². The summed E-state index contributed by atoms with van der Waals surface area (Å²) in [5, 5.41) is 9.95. The first-order valence-corrected chi connectivity index (χ1v) is 11.0. The number of aromatic hydroxyl groups is 1. The summed E-state index contributed by atoms with van der Waals surface area (Å²) in [4.78, 5) is 15.3. The van der Waals surface area contributed by atoms with Crippen molar-refractivity contribution in [2.45, 2.75) is 25.7 Å². The lowest BCUT2D eigenvalue weighted by atomic mass is 10.1. The Labute approximate surface area is 182 Å². The summed E-state index contributed by atoms with van der Waals surface area (Å²) in [6.45, 7) is 5.63. The maximum Gasteiger partial charge on any atom is 0.200 e. The summed E-state index contributed by atoms with van der Waals surface area (Å²) in [5.74, 6) is 0.870. The van der Waals surface area contributed by atoms with Crippen LogP contribution in [0.1, 0.15) is 25.7 Å². The number of rotatable bonds is 9. The van der Waals surface area contributed by atoms with Crippen LogP contribution in [0.5, 0.6) is 11.5 Å². The fourth-order valence-electron chi connectivity index (χ4n) is 3.84. The number of phenols is 1. The summed E-state index contributed by atoms with van der Waals surface area (Å²) < 4.78 is 16.9. The Morgan fingerprint density at radius 3 is 2.55 bits per heavy atom. The van der Waals surface area contributed by atoms with Crippen LogP contribution in [-0.4, -0.2) is 49.5 Å². The molecule has 0 spiro atoms. The third-order valence-corrected chi connectivity index (χ3v) is 5.67. The lowest BCUT2D eigenvalue weighted by Gasteiger charge is -2.26. The molecule has 2 heterocycles. The second-order valence-electron chi connectivity index (χ2n) is 7.90. The monoisotopic (exact) mass is 423 g/mol. The highest BCUT2D eigenvalue weighted by Crippen LogP contribution is 2.24. The Morgan fingerprint density at radius 2 is 1.74 bits per heavy atom. The molecule has 6 heteroatoms. The van der Waals surface area contributed by atoms with Crippen molar-refractivity contribution in [3.05, 3.63) is 59.0 Å². The number of hydrogen-bond acceptors (Lipinski definition) is 6. The molecule has 4 rings (SSSR count). The molecule has 31 heavy (non-hydrogen) atoms. The molecule has 0 unspecified atom stereocenters. The van der Waals surface area contributed by atoms with Gasteiger partial charge in [-0.1, -0.05) is 25.0 Å². The Kier molecular flexibility index (Phi) is 7.22. The summed E-state index contributed by atoms with van der Waals surface area (Å²) in [6.07, 6.45) is 6.03. The lowest BCUT2D eigenvalue weighted by Crippen LogP contribution is -2.36. The zero-order valence-electron chi connectivity index (χ0n) is 17.7. The summed E-state index contributed by atoms with van der Waals surface area (Å²) in [7, 11) is 0. The van der Waals surface area contributed by atoms with Gasteiger partial charge in [0, 0.05) is 19.2 Å². The van der Waals surface area contributed by atoms with Gasteiger partial charge < -0.3 is 19.0 Å². The molecule has 164 valence electrons. The van der Waals surface area contributed by atoms with E-state index >= 15 is 0 Å². The van der Waals surface area contributed by atoms with Gasteiger partial charge in [0.15, 0.2) is 5.43 Å². The molecule has 1 fully saturated rings. The SMILES string of the molecule is O=c1c(-c2ccc(O)cc2)coc2cc(OCCCCCCN3CCOCC3)ccc12. The first-order chi connectivity index (χ1) is 15.2. The van der Waals surface area contributed by atoms with Gasteiger partial charge in [-0.3, -0.25) is 9.69 Å². The van der Waals surface area contributed by atoms with Crippen LogP contribution >= 0.6 is 0 Å².